The Morgan fingerprint density at radius 2 is 1.91 bits per heavy atom. The maximum Gasteiger partial charge on any atom is 0.142 e. The van der Waals surface area contributed by atoms with Gasteiger partial charge in [0.15, 0.2) is 0 Å². The number of piperazine rings is 1. The highest BCUT2D eigenvalue weighted by molar-refractivity contribution is 5.60. The Balaban J connectivity index is 1.97. The topological polar surface area (TPSA) is 27.7 Å². The second kappa shape index (κ2) is 9.01. The number of nitrogens with one attached hydrogen (secondary N) is 1. The van der Waals surface area contributed by atoms with Crippen molar-refractivity contribution in [1.82, 2.24) is 10.2 Å². The maximum atomic E-state index is 5.64. The largest absolute Gasteiger partial charge is 0.495 e. The lowest BCUT2D eigenvalue weighted by Crippen LogP contribution is -2.46. The number of methoxy groups -OCH3 is 1. The van der Waals surface area contributed by atoms with Crippen molar-refractivity contribution < 1.29 is 4.74 Å². The number of benzene rings is 1. The van der Waals surface area contributed by atoms with E-state index >= 15 is 0 Å². The molecule has 4 heteroatoms. The summed E-state index contributed by atoms with van der Waals surface area (Å²) < 4.78 is 5.64. The molecular weight excluding hydrogens is 274 g/mol. The van der Waals surface area contributed by atoms with Gasteiger partial charge in [0, 0.05) is 32.7 Å². The van der Waals surface area contributed by atoms with Gasteiger partial charge in [-0.05, 0) is 37.2 Å². The number of likely N-dealkylation sites (N-methyl/N-ethyl adjacent to an activating group) is 1. The molecule has 0 spiro atoms. The first-order chi connectivity index (χ1) is 10.8. The van der Waals surface area contributed by atoms with E-state index in [1.54, 1.807) is 7.11 Å². The standard InChI is InChI=1S/C18H31N3O/c1-4-6-9-19-15-16-7-8-17(18(14-16)22-3)21-12-10-20(5-2)11-13-21/h7-8,14,19H,4-6,9-13,15H2,1-3H3. The first kappa shape index (κ1) is 17.1. The predicted octanol–water partition coefficient (Wildman–Crippen LogP) is 2.73. The number of hydrogen-bond acceptors (Lipinski definition) is 4. The van der Waals surface area contributed by atoms with E-state index in [4.69, 9.17) is 4.74 Å². The van der Waals surface area contributed by atoms with Crippen LogP contribution in [0.1, 0.15) is 32.3 Å². The Labute approximate surface area is 135 Å². The van der Waals surface area contributed by atoms with Crippen LogP contribution >= 0.6 is 0 Å². The smallest absolute Gasteiger partial charge is 0.142 e. The minimum atomic E-state index is 0.917. The van der Waals surface area contributed by atoms with Crippen LogP contribution < -0.4 is 15.0 Å². The first-order valence-electron chi connectivity index (χ1n) is 8.63. The summed E-state index contributed by atoms with van der Waals surface area (Å²) >= 11 is 0. The number of unbranched alkanes of at least 4 members (excludes halogenated alkanes) is 1. The second-order valence-electron chi connectivity index (χ2n) is 5.96. The third-order valence-electron chi connectivity index (χ3n) is 4.44. The molecule has 1 aliphatic rings. The fraction of sp³-hybridized carbons (Fsp3) is 0.667. The van der Waals surface area contributed by atoms with Crippen LogP contribution in [0.3, 0.4) is 0 Å². The minimum absolute atomic E-state index is 0.917. The van der Waals surface area contributed by atoms with Gasteiger partial charge in [-0.25, -0.2) is 0 Å². The third-order valence-corrected chi connectivity index (χ3v) is 4.44. The summed E-state index contributed by atoms with van der Waals surface area (Å²) in [5.41, 5.74) is 2.53. The SMILES string of the molecule is CCCCNCc1ccc(N2CCN(CC)CC2)c(OC)c1. The van der Waals surface area contributed by atoms with Crippen LogP contribution in [0.4, 0.5) is 5.69 Å². The van der Waals surface area contributed by atoms with Crippen LogP contribution in [0.2, 0.25) is 0 Å². The van der Waals surface area contributed by atoms with Crippen molar-refractivity contribution in [3.63, 3.8) is 0 Å². The Hall–Kier alpha value is -1.26. The Kier molecular flexibility index (Phi) is 7.00. The number of rotatable bonds is 8. The molecule has 0 bridgehead atoms. The molecular formula is C18H31N3O. The highest BCUT2D eigenvalue weighted by atomic mass is 16.5. The van der Waals surface area contributed by atoms with Crippen molar-refractivity contribution in [2.24, 2.45) is 0 Å². The van der Waals surface area contributed by atoms with Crippen LogP contribution in [-0.2, 0) is 6.54 Å². The van der Waals surface area contributed by atoms with E-state index in [1.807, 2.05) is 0 Å². The molecule has 0 aliphatic carbocycles. The van der Waals surface area contributed by atoms with Crippen molar-refractivity contribution in [3.05, 3.63) is 23.8 Å². The summed E-state index contributed by atoms with van der Waals surface area (Å²) in [6, 6.07) is 6.63. The third kappa shape index (κ3) is 4.62. The first-order valence-corrected chi connectivity index (χ1v) is 8.63. The molecule has 1 aromatic carbocycles. The Morgan fingerprint density at radius 3 is 2.55 bits per heavy atom. The highest BCUT2D eigenvalue weighted by Gasteiger charge is 2.18. The molecule has 0 amide bonds. The van der Waals surface area contributed by atoms with Crippen molar-refractivity contribution >= 4 is 5.69 Å². The van der Waals surface area contributed by atoms with Gasteiger partial charge in [0.2, 0.25) is 0 Å². The molecule has 1 saturated heterocycles. The molecule has 1 aliphatic heterocycles. The van der Waals surface area contributed by atoms with E-state index in [0.29, 0.717) is 0 Å². The van der Waals surface area contributed by atoms with E-state index in [0.717, 1.165) is 51.6 Å². The average Bonchev–Trinajstić information content (AvgIpc) is 2.58. The highest BCUT2D eigenvalue weighted by Crippen LogP contribution is 2.30. The van der Waals surface area contributed by atoms with Crippen molar-refractivity contribution in [2.45, 2.75) is 33.2 Å². The molecule has 0 atom stereocenters. The molecule has 2 rings (SSSR count). The zero-order valence-corrected chi connectivity index (χ0v) is 14.4. The van der Waals surface area contributed by atoms with Gasteiger partial charge in [0.25, 0.3) is 0 Å². The second-order valence-corrected chi connectivity index (χ2v) is 5.96. The average molecular weight is 305 g/mol. The molecule has 1 aromatic rings. The fourth-order valence-corrected chi connectivity index (χ4v) is 2.93. The van der Waals surface area contributed by atoms with Crippen molar-refractivity contribution in [3.8, 4) is 5.75 Å². The lowest BCUT2D eigenvalue weighted by atomic mass is 10.1. The van der Waals surface area contributed by atoms with E-state index in [2.05, 4.69) is 47.2 Å². The van der Waals surface area contributed by atoms with Gasteiger partial charge in [-0.15, -0.1) is 0 Å². The Bertz CT molecular complexity index is 442. The quantitative estimate of drug-likeness (QED) is 0.748. The summed E-state index contributed by atoms with van der Waals surface area (Å²) in [6.07, 6.45) is 2.47. The molecule has 22 heavy (non-hydrogen) atoms. The van der Waals surface area contributed by atoms with E-state index in [1.165, 1.54) is 24.1 Å². The lowest BCUT2D eigenvalue weighted by molar-refractivity contribution is 0.270. The molecule has 0 unspecified atom stereocenters. The number of nitrogens with zero attached hydrogens (tertiary/aromatic N) is 2. The van der Waals surface area contributed by atoms with Crippen molar-refractivity contribution in [1.29, 1.82) is 0 Å². The van der Waals surface area contributed by atoms with E-state index in [-0.39, 0.29) is 0 Å². The molecule has 1 heterocycles. The molecule has 0 radical (unpaired) electrons. The number of ether oxygens (including phenoxy) is 1. The predicted molar refractivity (Wildman–Crippen MR) is 93.9 cm³/mol. The van der Waals surface area contributed by atoms with Gasteiger partial charge in [0.1, 0.15) is 5.75 Å². The van der Waals surface area contributed by atoms with Crippen LogP contribution in [0, 0.1) is 0 Å². The Morgan fingerprint density at radius 1 is 1.14 bits per heavy atom. The minimum Gasteiger partial charge on any atom is -0.495 e. The number of hydrogen-bond donors (Lipinski definition) is 1. The zero-order chi connectivity index (χ0) is 15.8. The van der Waals surface area contributed by atoms with Crippen molar-refractivity contribution in [2.75, 3.05) is 51.3 Å². The zero-order valence-electron chi connectivity index (χ0n) is 14.4. The van der Waals surface area contributed by atoms with Gasteiger partial charge in [-0.1, -0.05) is 26.3 Å². The summed E-state index contributed by atoms with van der Waals surface area (Å²) in [5.74, 6) is 1.000. The summed E-state index contributed by atoms with van der Waals surface area (Å²) in [4.78, 5) is 4.94. The molecule has 0 saturated carbocycles. The molecule has 4 nitrogen and oxygen atoms in total. The van der Waals surface area contributed by atoms with Gasteiger partial charge in [-0.2, -0.15) is 0 Å². The maximum absolute atomic E-state index is 5.64. The molecule has 0 aromatic heterocycles. The summed E-state index contributed by atoms with van der Waals surface area (Å²) in [6.45, 7) is 12.0. The summed E-state index contributed by atoms with van der Waals surface area (Å²) in [7, 11) is 1.77. The van der Waals surface area contributed by atoms with E-state index in [9.17, 15) is 0 Å². The molecule has 1 fully saturated rings. The normalized spacial score (nSPS) is 16.0. The van der Waals surface area contributed by atoms with Gasteiger partial charge in [0.05, 0.1) is 12.8 Å². The molecule has 1 N–H and O–H groups in total. The van der Waals surface area contributed by atoms with E-state index < -0.39 is 0 Å². The monoisotopic (exact) mass is 305 g/mol. The van der Waals surface area contributed by atoms with Gasteiger partial charge in [-0.3, -0.25) is 0 Å². The number of anilines is 1. The summed E-state index contributed by atoms with van der Waals surface area (Å²) in [5, 5.41) is 3.49. The van der Waals surface area contributed by atoms with Crippen LogP contribution in [-0.4, -0.2) is 51.3 Å². The lowest BCUT2D eigenvalue weighted by Gasteiger charge is -2.36. The van der Waals surface area contributed by atoms with Crippen LogP contribution in [0.25, 0.3) is 0 Å². The molecule has 124 valence electrons. The van der Waals surface area contributed by atoms with Crippen LogP contribution in [0.5, 0.6) is 5.75 Å². The fourth-order valence-electron chi connectivity index (χ4n) is 2.93. The van der Waals surface area contributed by atoms with Crippen LogP contribution in [0.15, 0.2) is 18.2 Å². The van der Waals surface area contributed by atoms with Gasteiger partial charge >= 0.3 is 0 Å². The van der Waals surface area contributed by atoms with Gasteiger partial charge < -0.3 is 19.9 Å².